The summed E-state index contributed by atoms with van der Waals surface area (Å²) in [5.74, 6) is 2.83. The summed E-state index contributed by atoms with van der Waals surface area (Å²) in [6.45, 7) is 2.10. The van der Waals surface area contributed by atoms with E-state index in [9.17, 15) is 0 Å². The summed E-state index contributed by atoms with van der Waals surface area (Å²) in [4.78, 5) is 23.1. The zero-order chi connectivity index (χ0) is 25.1. The molecule has 0 spiro atoms. The van der Waals surface area contributed by atoms with Crippen molar-refractivity contribution in [1.82, 2.24) is 19.9 Å². The Labute approximate surface area is 235 Å². The van der Waals surface area contributed by atoms with Crippen LogP contribution in [-0.2, 0) is 6.61 Å². The first-order valence-corrected chi connectivity index (χ1v) is 12.0. The lowest BCUT2D eigenvalue weighted by Crippen LogP contribution is -2.21. The fourth-order valence-corrected chi connectivity index (χ4v) is 4.34. The van der Waals surface area contributed by atoms with Crippen molar-refractivity contribution in [2.75, 3.05) is 51.2 Å². The number of fused-ring (bicyclic) bond motifs is 1. The second-order valence-corrected chi connectivity index (χ2v) is 8.84. The van der Waals surface area contributed by atoms with Gasteiger partial charge in [0.15, 0.2) is 11.5 Å². The van der Waals surface area contributed by atoms with Crippen LogP contribution in [0.25, 0.3) is 22.2 Å². The van der Waals surface area contributed by atoms with Crippen molar-refractivity contribution in [2.45, 2.75) is 19.4 Å². The first-order chi connectivity index (χ1) is 17.6. The van der Waals surface area contributed by atoms with Crippen LogP contribution in [0.5, 0.6) is 17.5 Å². The van der Waals surface area contributed by atoms with E-state index in [1.807, 2.05) is 67.5 Å². The molecule has 1 aliphatic heterocycles. The van der Waals surface area contributed by atoms with Gasteiger partial charge in [-0.25, -0.2) is 9.97 Å². The number of rotatable bonds is 8. The normalized spacial score (nSPS) is 12.5. The lowest BCUT2D eigenvalue weighted by atomic mass is 10.1. The molecule has 0 N–H and O–H groups in total. The standard InChI is InChI=1S/C27H30N6O3.2ClH/c1-32(2)25-20-9-5-6-10-21(20)30-27(31-25)36-17-19-16-22(29-26(28-19)33-13-7-8-14-33)18-11-12-23(34-3)24(15-18)35-4;;/h5-6,9-12,15-16H,7-8,13-14,17H2,1-4H3;2*1H. The Morgan fingerprint density at radius 1 is 0.842 bits per heavy atom. The molecule has 2 aromatic heterocycles. The fraction of sp³-hybridized carbons (Fsp3) is 0.333. The van der Waals surface area contributed by atoms with Crippen molar-refractivity contribution >= 4 is 47.5 Å². The van der Waals surface area contributed by atoms with Gasteiger partial charge in [-0.15, -0.1) is 24.8 Å². The second kappa shape index (κ2) is 12.8. The highest BCUT2D eigenvalue weighted by atomic mass is 35.5. The third kappa shape index (κ3) is 6.11. The smallest absolute Gasteiger partial charge is 0.319 e. The van der Waals surface area contributed by atoms with Crippen molar-refractivity contribution in [3.8, 4) is 28.8 Å². The summed E-state index contributed by atoms with van der Waals surface area (Å²) < 4.78 is 17.0. The first kappa shape index (κ1) is 29.0. The molecule has 9 nitrogen and oxygen atoms in total. The largest absolute Gasteiger partial charge is 0.493 e. The molecule has 3 heterocycles. The number of methoxy groups -OCH3 is 2. The predicted molar refractivity (Wildman–Crippen MR) is 155 cm³/mol. The van der Waals surface area contributed by atoms with Crippen LogP contribution in [0.1, 0.15) is 18.5 Å². The highest BCUT2D eigenvalue weighted by Gasteiger charge is 2.19. The van der Waals surface area contributed by atoms with Crippen molar-refractivity contribution in [1.29, 1.82) is 0 Å². The van der Waals surface area contributed by atoms with Gasteiger partial charge in [-0.1, -0.05) is 12.1 Å². The summed E-state index contributed by atoms with van der Waals surface area (Å²) in [6, 6.07) is 15.9. The maximum Gasteiger partial charge on any atom is 0.319 e. The number of anilines is 2. The minimum Gasteiger partial charge on any atom is -0.493 e. The SMILES string of the molecule is COc1ccc(-c2cc(COc3nc(N(C)C)c4ccccc4n3)nc(N3CCCC3)n2)cc1OC.Cl.Cl. The van der Waals surface area contributed by atoms with E-state index in [4.69, 9.17) is 24.2 Å². The Morgan fingerprint density at radius 3 is 2.29 bits per heavy atom. The molecule has 0 atom stereocenters. The summed E-state index contributed by atoms with van der Waals surface area (Å²) in [5.41, 5.74) is 3.28. The van der Waals surface area contributed by atoms with Crippen LogP contribution in [0.2, 0.25) is 0 Å². The highest BCUT2D eigenvalue weighted by molar-refractivity contribution is 5.89. The molecule has 0 radical (unpaired) electrons. The van der Waals surface area contributed by atoms with E-state index in [2.05, 4.69) is 14.9 Å². The molecule has 2 aromatic carbocycles. The Kier molecular flexibility index (Phi) is 9.77. The third-order valence-electron chi connectivity index (χ3n) is 6.17. The van der Waals surface area contributed by atoms with Crippen molar-refractivity contribution in [2.24, 2.45) is 0 Å². The predicted octanol–water partition coefficient (Wildman–Crippen LogP) is 5.19. The van der Waals surface area contributed by atoms with E-state index in [1.54, 1.807) is 14.2 Å². The van der Waals surface area contributed by atoms with E-state index < -0.39 is 0 Å². The lowest BCUT2D eigenvalue weighted by molar-refractivity contribution is 0.278. The van der Waals surface area contributed by atoms with Gasteiger partial charge in [0.1, 0.15) is 12.4 Å². The average molecular weight is 559 g/mol. The molecule has 0 amide bonds. The molecule has 0 unspecified atom stereocenters. The lowest BCUT2D eigenvalue weighted by Gasteiger charge is -2.18. The maximum atomic E-state index is 6.08. The van der Waals surface area contributed by atoms with Crippen molar-refractivity contribution in [3.63, 3.8) is 0 Å². The van der Waals surface area contributed by atoms with Gasteiger partial charge >= 0.3 is 6.01 Å². The molecule has 0 saturated carbocycles. The van der Waals surface area contributed by atoms with Crippen LogP contribution in [0, 0.1) is 0 Å². The number of aromatic nitrogens is 4. The molecular formula is C27H32Cl2N6O3. The molecule has 4 aromatic rings. The van der Waals surface area contributed by atoms with Crippen LogP contribution in [0.15, 0.2) is 48.5 Å². The zero-order valence-electron chi connectivity index (χ0n) is 21.9. The quantitative estimate of drug-likeness (QED) is 0.289. The van der Waals surface area contributed by atoms with Gasteiger partial charge in [-0.3, -0.25) is 0 Å². The summed E-state index contributed by atoms with van der Waals surface area (Å²) in [6.07, 6.45) is 2.27. The molecule has 1 saturated heterocycles. The number of ether oxygens (including phenoxy) is 3. The van der Waals surface area contributed by atoms with Crippen molar-refractivity contribution < 1.29 is 14.2 Å². The molecule has 38 heavy (non-hydrogen) atoms. The number of halogens is 2. The first-order valence-electron chi connectivity index (χ1n) is 12.0. The topological polar surface area (TPSA) is 85.7 Å². The minimum atomic E-state index is 0. The summed E-state index contributed by atoms with van der Waals surface area (Å²) in [7, 11) is 7.17. The van der Waals surface area contributed by atoms with Gasteiger partial charge in [0.05, 0.1) is 31.1 Å². The Hall–Kier alpha value is -3.56. The van der Waals surface area contributed by atoms with Gasteiger partial charge in [-0.05, 0) is 49.2 Å². The average Bonchev–Trinajstić information content (AvgIpc) is 3.46. The molecule has 202 valence electrons. The van der Waals surface area contributed by atoms with Crippen LogP contribution in [0.4, 0.5) is 11.8 Å². The van der Waals surface area contributed by atoms with E-state index in [-0.39, 0.29) is 31.4 Å². The number of hydrogen-bond donors (Lipinski definition) is 0. The number of para-hydroxylation sites is 1. The molecule has 1 aliphatic rings. The number of hydrogen-bond acceptors (Lipinski definition) is 9. The number of benzene rings is 2. The minimum absolute atomic E-state index is 0. The monoisotopic (exact) mass is 558 g/mol. The van der Waals surface area contributed by atoms with Crippen LogP contribution in [-0.4, -0.2) is 61.3 Å². The van der Waals surface area contributed by atoms with E-state index in [0.717, 1.165) is 59.6 Å². The van der Waals surface area contributed by atoms with Crippen LogP contribution >= 0.6 is 24.8 Å². The molecule has 1 fully saturated rings. The Balaban J connectivity index is 0.00000200. The fourth-order valence-electron chi connectivity index (χ4n) is 4.34. The Bertz CT molecular complexity index is 1380. The molecular weight excluding hydrogens is 527 g/mol. The van der Waals surface area contributed by atoms with Crippen molar-refractivity contribution in [3.05, 3.63) is 54.2 Å². The van der Waals surface area contributed by atoms with E-state index >= 15 is 0 Å². The molecule has 5 rings (SSSR count). The highest BCUT2D eigenvalue weighted by Crippen LogP contribution is 2.33. The van der Waals surface area contributed by atoms with Gasteiger partial charge in [0.25, 0.3) is 0 Å². The zero-order valence-corrected chi connectivity index (χ0v) is 23.5. The van der Waals surface area contributed by atoms with Crippen LogP contribution in [0.3, 0.4) is 0 Å². The van der Waals surface area contributed by atoms with Gasteiger partial charge < -0.3 is 24.0 Å². The van der Waals surface area contributed by atoms with E-state index in [0.29, 0.717) is 23.5 Å². The van der Waals surface area contributed by atoms with E-state index in [1.165, 1.54) is 0 Å². The maximum absolute atomic E-state index is 6.08. The third-order valence-corrected chi connectivity index (χ3v) is 6.17. The summed E-state index contributed by atoms with van der Waals surface area (Å²) >= 11 is 0. The summed E-state index contributed by atoms with van der Waals surface area (Å²) in [5, 5.41) is 0.976. The Morgan fingerprint density at radius 2 is 1.58 bits per heavy atom. The molecule has 0 aliphatic carbocycles. The molecule has 11 heteroatoms. The second-order valence-electron chi connectivity index (χ2n) is 8.84. The molecule has 0 bridgehead atoms. The van der Waals surface area contributed by atoms with Gasteiger partial charge in [-0.2, -0.15) is 9.97 Å². The van der Waals surface area contributed by atoms with Gasteiger partial charge in [0.2, 0.25) is 5.95 Å². The van der Waals surface area contributed by atoms with Gasteiger partial charge in [0, 0.05) is 38.1 Å². The number of nitrogens with zero attached hydrogens (tertiary/aromatic N) is 6. The van der Waals surface area contributed by atoms with Crippen LogP contribution < -0.4 is 24.0 Å².